The van der Waals surface area contributed by atoms with Crippen molar-refractivity contribution < 1.29 is 28.5 Å². The van der Waals surface area contributed by atoms with Crippen LogP contribution in [-0.2, 0) is 48.4 Å². The van der Waals surface area contributed by atoms with Gasteiger partial charge in [0.25, 0.3) is 5.56 Å². The Bertz CT molecular complexity index is 1310. The van der Waals surface area contributed by atoms with Crippen LogP contribution in [0, 0.1) is 6.92 Å². The Hall–Kier alpha value is -3.41. The van der Waals surface area contributed by atoms with E-state index in [1.165, 1.54) is 17.9 Å². The second kappa shape index (κ2) is 12.9. The predicted octanol–water partition coefficient (Wildman–Crippen LogP) is 2.56. The summed E-state index contributed by atoms with van der Waals surface area (Å²) < 4.78 is 30.9. The van der Waals surface area contributed by atoms with Crippen LogP contribution < -0.4 is 11.2 Å². The smallest absolute Gasteiger partial charge is 0.335 e. The summed E-state index contributed by atoms with van der Waals surface area (Å²) in [6.45, 7) is 1.82. The molecule has 202 valence electrons. The molecule has 1 aromatic heterocycles. The highest BCUT2D eigenvalue weighted by Gasteiger charge is 2.51. The molecule has 1 fully saturated rings. The van der Waals surface area contributed by atoms with E-state index in [1.54, 1.807) is 6.92 Å². The molecule has 0 unspecified atom stereocenters. The second-order valence-electron chi connectivity index (χ2n) is 9.14. The third kappa shape index (κ3) is 6.35. The van der Waals surface area contributed by atoms with E-state index in [4.69, 9.17) is 23.7 Å². The number of aldehydes is 1. The number of carbonyl (C=O) groups excluding carboxylic acids is 1. The van der Waals surface area contributed by atoms with Crippen molar-refractivity contribution in [2.75, 3.05) is 20.5 Å². The standard InChI is InChI=1S/C28H32N2O8/c1-21-14-29(27(33)30(26(21)32)19-35-16-22-9-5-3-6-10-22)25-13-28(18-36-20-34-2,24(15-31)38-25)37-17-23-11-7-4-8-12-23/h3-12,14-15,24-25H,13,16-20H2,1-2H3/t24-,25-,28-/m1/s1. The average molecular weight is 525 g/mol. The summed E-state index contributed by atoms with van der Waals surface area (Å²) >= 11 is 0. The first kappa shape index (κ1) is 27.6. The Kier molecular flexibility index (Phi) is 9.38. The van der Waals surface area contributed by atoms with Crippen molar-refractivity contribution in [1.82, 2.24) is 9.13 Å². The number of aryl methyl sites for hydroxylation is 1. The lowest BCUT2D eigenvalue weighted by Gasteiger charge is -2.31. The fourth-order valence-electron chi connectivity index (χ4n) is 4.40. The van der Waals surface area contributed by atoms with Crippen molar-refractivity contribution in [2.24, 2.45) is 0 Å². The van der Waals surface area contributed by atoms with Crippen LogP contribution in [0.3, 0.4) is 0 Å². The Balaban J connectivity index is 1.58. The van der Waals surface area contributed by atoms with E-state index >= 15 is 0 Å². The van der Waals surface area contributed by atoms with Gasteiger partial charge >= 0.3 is 5.69 Å². The lowest BCUT2D eigenvalue weighted by Crippen LogP contribution is -2.46. The number of nitrogens with zero attached hydrogens (tertiary/aromatic N) is 2. The van der Waals surface area contributed by atoms with E-state index in [9.17, 15) is 14.4 Å². The third-order valence-electron chi connectivity index (χ3n) is 6.39. The number of hydrogen-bond acceptors (Lipinski definition) is 8. The number of carbonyl (C=O) groups is 1. The van der Waals surface area contributed by atoms with Gasteiger partial charge in [0.1, 0.15) is 31.5 Å². The molecule has 0 spiro atoms. The first-order valence-electron chi connectivity index (χ1n) is 12.3. The summed E-state index contributed by atoms with van der Waals surface area (Å²) in [5, 5.41) is 0. The van der Waals surface area contributed by atoms with Crippen molar-refractivity contribution >= 4 is 6.29 Å². The van der Waals surface area contributed by atoms with Crippen LogP contribution in [0.2, 0.25) is 0 Å². The summed E-state index contributed by atoms with van der Waals surface area (Å²) in [6.07, 6.45) is 0.330. The number of rotatable bonds is 13. The molecule has 3 atom stereocenters. The number of methoxy groups -OCH3 is 1. The molecule has 0 saturated carbocycles. The van der Waals surface area contributed by atoms with Gasteiger partial charge in [-0.2, -0.15) is 0 Å². The molecule has 0 bridgehead atoms. The van der Waals surface area contributed by atoms with E-state index in [0.29, 0.717) is 11.8 Å². The topological polar surface area (TPSA) is 107 Å². The Morgan fingerprint density at radius 3 is 2.29 bits per heavy atom. The van der Waals surface area contributed by atoms with Crippen molar-refractivity contribution in [3.05, 3.63) is 104 Å². The normalized spacial score (nSPS) is 21.0. The van der Waals surface area contributed by atoms with Gasteiger partial charge in [0.2, 0.25) is 0 Å². The fourth-order valence-corrected chi connectivity index (χ4v) is 4.40. The van der Waals surface area contributed by atoms with Crippen molar-refractivity contribution in [3.8, 4) is 0 Å². The maximum atomic E-state index is 13.4. The predicted molar refractivity (Wildman–Crippen MR) is 137 cm³/mol. The van der Waals surface area contributed by atoms with E-state index < -0.39 is 29.2 Å². The summed E-state index contributed by atoms with van der Waals surface area (Å²) in [5.74, 6) is 0. The number of benzene rings is 2. The Morgan fingerprint density at radius 2 is 1.66 bits per heavy atom. The van der Waals surface area contributed by atoms with Crippen LogP contribution in [0.25, 0.3) is 0 Å². The van der Waals surface area contributed by atoms with Gasteiger partial charge in [-0.25, -0.2) is 9.36 Å². The van der Waals surface area contributed by atoms with E-state index in [1.807, 2.05) is 60.7 Å². The van der Waals surface area contributed by atoms with Gasteiger partial charge in [-0.3, -0.25) is 9.36 Å². The van der Waals surface area contributed by atoms with Gasteiger partial charge in [0.05, 0.1) is 19.8 Å². The summed E-state index contributed by atoms with van der Waals surface area (Å²) in [4.78, 5) is 38.3. The highest BCUT2D eigenvalue weighted by Crippen LogP contribution is 2.39. The highest BCUT2D eigenvalue weighted by atomic mass is 16.7. The average Bonchev–Trinajstić information content (AvgIpc) is 3.31. The summed E-state index contributed by atoms with van der Waals surface area (Å²) in [5.41, 5.74) is -0.0997. The molecule has 38 heavy (non-hydrogen) atoms. The molecule has 3 aromatic rings. The minimum atomic E-state index is -1.18. The zero-order chi connectivity index (χ0) is 27.0. The van der Waals surface area contributed by atoms with Crippen LogP contribution in [0.5, 0.6) is 0 Å². The molecular weight excluding hydrogens is 492 g/mol. The molecule has 1 saturated heterocycles. The Morgan fingerprint density at radius 1 is 1.00 bits per heavy atom. The minimum Gasteiger partial charge on any atom is -0.365 e. The van der Waals surface area contributed by atoms with Crippen LogP contribution in [0.1, 0.15) is 29.3 Å². The molecule has 10 heteroatoms. The van der Waals surface area contributed by atoms with Crippen molar-refractivity contribution in [1.29, 1.82) is 0 Å². The molecule has 0 N–H and O–H groups in total. The van der Waals surface area contributed by atoms with E-state index in [0.717, 1.165) is 15.7 Å². The molecule has 2 aromatic carbocycles. The summed E-state index contributed by atoms with van der Waals surface area (Å²) in [7, 11) is 1.49. The van der Waals surface area contributed by atoms with E-state index in [-0.39, 0.29) is 39.8 Å². The largest absolute Gasteiger partial charge is 0.365 e. The molecular formula is C28H32N2O8. The molecule has 2 heterocycles. The monoisotopic (exact) mass is 524 g/mol. The molecule has 10 nitrogen and oxygen atoms in total. The van der Waals surface area contributed by atoms with E-state index in [2.05, 4.69) is 0 Å². The van der Waals surface area contributed by atoms with Crippen LogP contribution >= 0.6 is 0 Å². The molecule has 4 rings (SSSR count). The van der Waals surface area contributed by atoms with Crippen molar-refractivity contribution in [3.63, 3.8) is 0 Å². The SMILES string of the molecule is COCOC[C@]1(OCc2ccccc2)C[C@H](n2cc(C)c(=O)n(COCc3ccccc3)c2=O)O[C@@H]1C=O. The fraction of sp³-hybridized carbons (Fsp3) is 0.393. The first-order valence-corrected chi connectivity index (χ1v) is 12.3. The molecule has 0 amide bonds. The zero-order valence-electron chi connectivity index (χ0n) is 21.5. The molecule has 1 aliphatic rings. The van der Waals surface area contributed by atoms with Crippen LogP contribution in [0.4, 0.5) is 0 Å². The highest BCUT2D eigenvalue weighted by molar-refractivity contribution is 5.59. The molecule has 0 aliphatic carbocycles. The third-order valence-corrected chi connectivity index (χ3v) is 6.39. The maximum absolute atomic E-state index is 13.4. The van der Waals surface area contributed by atoms with Gasteiger partial charge in [-0.1, -0.05) is 60.7 Å². The number of aromatic nitrogens is 2. The quantitative estimate of drug-likeness (QED) is 0.191. The number of ether oxygens (including phenoxy) is 5. The van der Waals surface area contributed by atoms with Crippen molar-refractivity contribution in [2.45, 2.75) is 51.2 Å². The second-order valence-corrected chi connectivity index (χ2v) is 9.14. The maximum Gasteiger partial charge on any atom is 0.335 e. The molecule has 1 aliphatic heterocycles. The van der Waals surface area contributed by atoms with Gasteiger partial charge in [-0.15, -0.1) is 0 Å². The number of hydrogen-bond donors (Lipinski definition) is 0. The summed E-state index contributed by atoms with van der Waals surface area (Å²) in [6, 6.07) is 18.9. The van der Waals surface area contributed by atoms with Gasteiger partial charge in [0.15, 0.2) is 6.29 Å². The molecule has 0 radical (unpaired) electrons. The van der Waals surface area contributed by atoms with Crippen LogP contribution in [-0.4, -0.2) is 47.6 Å². The first-order chi connectivity index (χ1) is 18.5. The minimum absolute atomic E-state index is 0.00113. The van der Waals surface area contributed by atoms with Gasteiger partial charge in [-0.05, 0) is 18.1 Å². The van der Waals surface area contributed by atoms with Gasteiger partial charge in [0, 0.05) is 25.3 Å². The lowest BCUT2D eigenvalue weighted by molar-refractivity contribution is -0.164. The Labute approximate surface area is 220 Å². The zero-order valence-corrected chi connectivity index (χ0v) is 21.5. The van der Waals surface area contributed by atoms with Gasteiger partial charge < -0.3 is 28.5 Å². The lowest BCUT2D eigenvalue weighted by atomic mass is 9.95. The van der Waals surface area contributed by atoms with Crippen LogP contribution in [0.15, 0.2) is 76.4 Å².